The Morgan fingerprint density at radius 2 is 2.30 bits per heavy atom. The van der Waals surface area contributed by atoms with Crippen LogP contribution in [-0.4, -0.2) is 30.7 Å². The molecule has 3 rings (SSSR count). The van der Waals surface area contributed by atoms with Gasteiger partial charge in [0.15, 0.2) is 0 Å². The molecule has 1 unspecified atom stereocenters. The van der Waals surface area contributed by atoms with Crippen LogP contribution < -0.4 is 10.1 Å². The highest BCUT2D eigenvalue weighted by Gasteiger charge is 2.16. The number of carbonyl (C=O) groups excluding carboxylic acids is 1. The highest BCUT2D eigenvalue weighted by atomic mass is 16.5. The fourth-order valence-electron chi connectivity index (χ4n) is 2.92. The summed E-state index contributed by atoms with van der Waals surface area (Å²) >= 11 is 0. The van der Waals surface area contributed by atoms with E-state index in [1.54, 1.807) is 7.11 Å². The van der Waals surface area contributed by atoms with E-state index < -0.39 is 0 Å². The predicted molar refractivity (Wildman–Crippen MR) is 88.3 cm³/mol. The van der Waals surface area contributed by atoms with E-state index >= 15 is 0 Å². The van der Waals surface area contributed by atoms with Crippen LogP contribution in [0, 0.1) is 0 Å². The number of pyridine rings is 1. The van der Waals surface area contributed by atoms with Crippen LogP contribution in [0.15, 0.2) is 30.3 Å². The van der Waals surface area contributed by atoms with Gasteiger partial charge in [0.2, 0.25) is 11.8 Å². The number of para-hydroxylation sites is 1. The summed E-state index contributed by atoms with van der Waals surface area (Å²) in [5, 5.41) is 4.02. The van der Waals surface area contributed by atoms with Crippen molar-refractivity contribution in [1.82, 2.24) is 10.3 Å². The average Bonchev–Trinajstić information content (AvgIpc) is 3.11. The van der Waals surface area contributed by atoms with Crippen molar-refractivity contribution in [3.05, 3.63) is 35.9 Å². The van der Waals surface area contributed by atoms with E-state index in [9.17, 15) is 4.79 Å². The van der Waals surface area contributed by atoms with Crippen molar-refractivity contribution in [2.75, 3.05) is 13.7 Å². The summed E-state index contributed by atoms with van der Waals surface area (Å²) in [6, 6.07) is 9.75. The molecule has 1 amide bonds. The predicted octanol–water partition coefficient (Wildman–Crippen LogP) is 2.82. The molecule has 1 aromatic carbocycles. The van der Waals surface area contributed by atoms with Gasteiger partial charge >= 0.3 is 0 Å². The fourth-order valence-corrected chi connectivity index (χ4v) is 2.92. The molecule has 1 aromatic heterocycles. The lowest BCUT2D eigenvalue weighted by atomic mass is 10.1. The number of aromatic nitrogens is 1. The minimum absolute atomic E-state index is 0.0559. The number of fused-ring (bicyclic) bond motifs is 1. The van der Waals surface area contributed by atoms with Gasteiger partial charge in [0.25, 0.3) is 0 Å². The lowest BCUT2D eigenvalue weighted by Gasteiger charge is -2.11. The Morgan fingerprint density at radius 3 is 3.09 bits per heavy atom. The van der Waals surface area contributed by atoms with E-state index in [-0.39, 0.29) is 12.0 Å². The fraction of sp³-hybridized carbons (Fsp3) is 0.444. The molecule has 0 bridgehead atoms. The van der Waals surface area contributed by atoms with Crippen LogP contribution in [0.4, 0.5) is 0 Å². The van der Waals surface area contributed by atoms with Gasteiger partial charge in [0.1, 0.15) is 0 Å². The number of hydrogen-bond acceptors (Lipinski definition) is 4. The Labute approximate surface area is 136 Å². The van der Waals surface area contributed by atoms with E-state index in [0.717, 1.165) is 42.3 Å². The monoisotopic (exact) mass is 314 g/mol. The van der Waals surface area contributed by atoms with E-state index in [2.05, 4.69) is 10.3 Å². The van der Waals surface area contributed by atoms with Crippen LogP contribution in [-0.2, 0) is 16.1 Å². The van der Waals surface area contributed by atoms with E-state index in [0.29, 0.717) is 18.8 Å². The molecule has 5 nitrogen and oxygen atoms in total. The van der Waals surface area contributed by atoms with Gasteiger partial charge in [-0.1, -0.05) is 18.2 Å². The molecule has 0 aliphatic carbocycles. The average molecular weight is 314 g/mol. The summed E-state index contributed by atoms with van der Waals surface area (Å²) in [5.41, 5.74) is 1.88. The SMILES string of the molecule is COc1cc(CNC(=O)CCC2CCCO2)c2ccccc2n1. The summed E-state index contributed by atoms with van der Waals surface area (Å²) in [7, 11) is 1.60. The van der Waals surface area contributed by atoms with Crippen LogP contribution in [0.3, 0.4) is 0 Å². The second-order valence-corrected chi connectivity index (χ2v) is 5.79. The molecule has 1 aliphatic heterocycles. The number of carbonyl (C=O) groups is 1. The molecule has 0 radical (unpaired) electrons. The first kappa shape index (κ1) is 15.7. The second kappa shape index (κ2) is 7.42. The normalized spacial score (nSPS) is 17.3. The van der Waals surface area contributed by atoms with Crippen molar-refractivity contribution in [3.63, 3.8) is 0 Å². The maximum atomic E-state index is 12.1. The van der Waals surface area contributed by atoms with Gasteiger partial charge in [-0.2, -0.15) is 0 Å². The number of benzene rings is 1. The lowest BCUT2D eigenvalue weighted by Crippen LogP contribution is -2.24. The third-order valence-corrected chi connectivity index (χ3v) is 4.18. The molecule has 23 heavy (non-hydrogen) atoms. The van der Waals surface area contributed by atoms with Gasteiger partial charge < -0.3 is 14.8 Å². The van der Waals surface area contributed by atoms with Gasteiger partial charge in [-0.05, 0) is 30.9 Å². The summed E-state index contributed by atoms with van der Waals surface area (Å²) in [4.78, 5) is 16.5. The molecule has 1 N–H and O–H groups in total. The maximum absolute atomic E-state index is 12.1. The van der Waals surface area contributed by atoms with Gasteiger partial charge in [-0.25, -0.2) is 4.98 Å². The van der Waals surface area contributed by atoms with Crippen molar-refractivity contribution >= 4 is 16.8 Å². The molecular formula is C18H22N2O3. The third kappa shape index (κ3) is 3.99. The molecule has 1 fully saturated rings. The highest BCUT2D eigenvalue weighted by Crippen LogP contribution is 2.22. The molecule has 1 saturated heterocycles. The lowest BCUT2D eigenvalue weighted by molar-refractivity contribution is -0.121. The summed E-state index contributed by atoms with van der Waals surface area (Å²) in [6.45, 7) is 1.30. The molecule has 5 heteroatoms. The molecule has 2 heterocycles. The zero-order valence-electron chi connectivity index (χ0n) is 13.4. The zero-order chi connectivity index (χ0) is 16.1. The first-order valence-electron chi connectivity index (χ1n) is 8.07. The first-order chi connectivity index (χ1) is 11.3. The topological polar surface area (TPSA) is 60.5 Å². The number of hydrogen-bond donors (Lipinski definition) is 1. The third-order valence-electron chi connectivity index (χ3n) is 4.18. The molecule has 0 saturated carbocycles. The minimum Gasteiger partial charge on any atom is -0.481 e. The van der Waals surface area contributed by atoms with Gasteiger partial charge in [0, 0.05) is 31.0 Å². The first-order valence-corrected chi connectivity index (χ1v) is 8.07. The van der Waals surface area contributed by atoms with Crippen molar-refractivity contribution in [3.8, 4) is 5.88 Å². The molecule has 1 atom stereocenters. The Morgan fingerprint density at radius 1 is 1.43 bits per heavy atom. The molecular weight excluding hydrogens is 292 g/mol. The maximum Gasteiger partial charge on any atom is 0.220 e. The second-order valence-electron chi connectivity index (χ2n) is 5.79. The van der Waals surface area contributed by atoms with Crippen LogP contribution in [0.1, 0.15) is 31.2 Å². The van der Waals surface area contributed by atoms with E-state index in [1.807, 2.05) is 30.3 Å². The van der Waals surface area contributed by atoms with Crippen LogP contribution in [0.5, 0.6) is 5.88 Å². The van der Waals surface area contributed by atoms with Crippen LogP contribution in [0.25, 0.3) is 10.9 Å². The Kier molecular flexibility index (Phi) is 5.08. The van der Waals surface area contributed by atoms with Crippen LogP contribution >= 0.6 is 0 Å². The van der Waals surface area contributed by atoms with Crippen molar-refractivity contribution < 1.29 is 14.3 Å². The van der Waals surface area contributed by atoms with Crippen molar-refractivity contribution in [2.45, 2.75) is 38.3 Å². The number of nitrogens with one attached hydrogen (secondary N) is 1. The van der Waals surface area contributed by atoms with Crippen molar-refractivity contribution in [2.24, 2.45) is 0 Å². The summed E-state index contributed by atoms with van der Waals surface area (Å²) < 4.78 is 10.8. The number of rotatable bonds is 6. The quantitative estimate of drug-likeness (QED) is 0.890. The minimum atomic E-state index is 0.0559. The number of nitrogens with zero attached hydrogens (tertiary/aromatic N) is 1. The zero-order valence-corrected chi connectivity index (χ0v) is 13.4. The van der Waals surface area contributed by atoms with E-state index in [4.69, 9.17) is 9.47 Å². The van der Waals surface area contributed by atoms with Crippen LogP contribution in [0.2, 0.25) is 0 Å². The largest absolute Gasteiger partial charge is 0.481 e. The smallest absolute Gasteiger partial charge is 0.220 e. The number of amides is 1. The molecule has 122 valence electrons. The molecule has 1 aliphatic rings. The van der Waals surface area contributed by atoms with E-state index in [1.165, 1.54) is 0 Å². The standard InChI is InChI=1S/C18H22N2O3/c1-22-18-11-13(15-6-2-3-7-16(15)20-18)12-19-17(21)9-8-14-5-4-10-23-14/h2-3,6-7,11,14H,4-5,8-10,12H2,1H3,(H,19,21). The molecule has 2 aromatic rings. The summed E-state index contributed by atoms with van der Waals surface area (Å²) in [5.74, 6) is 0.618. The Hall–Kier alpha value is -2.14. The Balaban J connectivity index is 1.62. The highest BCUT2D eigenvalue weighted by molar-refractivity contribution is 5.83. The molecule has 0 spiro atoms. The Bertz CT molecular complexity index is 681. The summed E-state index contributed by atoms with van der Waals surface area (Å²) in [6.07, 6.45) is 3.73. The van der Waals surface area contributed by atoms with Gasteiger partial charge in [-0.3, -0.25) is 4.79 Å². The number of methoxy groups -OCH3 is 1. The van der Waals surface area contributed by atoms with Crippen molar-refractivity contribution in [1.29, 1.82) is 0 Å². The number of ether oxygens (including phenoxy) is 2. The van der Waals surface area contributed by atoms with Gasteiger partial charge in [-0.15, -0.1) is 0 Å². The van der Waals surface area contributed by atoms with Gasteiger partial charge in [0.05, 0.1) is 18.7 Å².